The van der Waals surface area contributed by atoms with Crippen molar-refractivity contribution in [3.05, 3.63) is 52.7 Å². The number of ether oxygens (including phenoxy) is 1. The lowest BCUT2D eigenvalue weighted by Gasteiger charge is -2.38. The number of nitrogens with zero attached hydrogens (tertiary/aromatic N) is 3. The number of hydrogen-bond acceptors (Lipinski definition) is 9. The zero-order valence-electron chi connectivity index (χ0n) is 22.9. The molecule has 40 heavy (non-hydrogen) atoms. The zero-order chi connectivity index (χ0) is 29.2. The number of aliphatic hydroxyl groups is 1. The number of carbonyl (C=O) groups is 2. The fourth-order valence-corrected chi connectivity index (χ4v) is 6.43. The first-order valence-corrected chi connectivity index (χ1v) is 15.0. The second-order valence-corrected chi connectivity index (χ2v) is 12.7. The molecule has 3 amide bonds. The van der Waals surface area contributed by atoms with E-state index in [4.69, 9.17) is 9.26 Å². The molecule has 3 N–H and O–H groups in total. The molecule has 0 saturated heterocycles. The summed E-state index contributed by atoms with van der Waals surface area (Å²) in [6.07, 6.45) is -0.645. The molecule has 1 aliphatic heterocycles. The van der Waals surface area contributed by atoms with Gasteiger partial charge in [0.1, 0.15) is 21.7 Å². The maximum absolute atomic E-state index is 13.6. The number of aryl methyl sites for hydroxylation is 2. The van der Waals surface area contributed by atoms with E-state index < -0.39 is 34.1 Å². The van der Waals surface area contributed by atoms with Crippen molar-refractivity contribution in [2.45, 2.75) is 44.0 Å². The van der Waals surface area contributed by atoms with Gasteiger partial charge in [-0.3, -0.25) is 9.52 Å². The molecule has 1 aliphatic rings. The van der Waals surface area contributed by atoms with E-state index in [0.29, 0.717) is 17.1 Å². The molecule has 3 aromatic rings. The Balaban J connectivity index is 1.69. The number of carbonyl (C=O) groups excluding carboxylic acids is 2. The zero-order valence-corrected chi connectivity index (χ0v) is 24.5. The molecule has 216 valence electrons. The van der Waals surface area contributed by atoms with Crippen molar-refractivity contribution < 1.29 is 32.4 Å². The first-order valence-electron chi connectivity index (χ1n) is 12.7. The number of hydrogen-bond donors (Lipinski definition) is 3. The predicted molar refractivity (Wildman–Crippen MR) is 150 cm³/mol. The normalized spacial score (nSPS) is 18.2. The van der Waals surface area contributed by atoms with Gasteiger partial charge in [0.25, 0.3) is 15.9 Å². The molecule has 0 saturated carbocycles. The fraction of sp³-hybridized carbons (Fsp3) is 0.423. The van der Waals surface area contributed by atoms with Gasteiger partial charge in [0.05, 0.1) is 30.4 Å². The van der Waals surface area contributed by atoms with Gasteiger partial charge in [0.2, 0.25) is 0 Å². The van der Waals surface area contributed by atoms with Crippen molar-refractivity contribution in [3.63, 3.8) is 0 Å². The number of benzene rings is 1. The number of likely N-dealkylation sites (N-methyl/N-ethyl adjacent to an activating group) is 1. The summed E-state index contributed by atoms with van der Waals surface area (Å²) in [7, 11) is -2.34. The third kappa shape index (κ3) is 6.08. The summed E-state index contributed by atoms with van der Waals surface area (Å²) in [4.78, 5) is 29.7. The second kappa shape index (κ2) is 11.9. The molecule has 0 radical (unpaired) electrons. The first-order chi connectivity index (χ1) is 18.9. The smallest absolute Gasteiger partial charge is 0.321 e. The van der Waals surface area contributed by atoms with E-state index in [1.807, 2.05) is 6.92 Å². The van der Waals surface area contributed by atoms with Gasteiger partial charge in [-0.2, -0.15) is 0 Å². The van der Waals surface area contributed by atoms with Crippen molar-refractivity contribution in [1.82, 2.24) is 15.0 Å². The Morgan fingerprint density at radius 3 is 2.67 bits per heavy atom. The van der Waals surface area contributed by atoms with Crippen molar-refractivity contribution in [2.24, 2.45) is 5.92 Å². The maximum atomic E-state index is 13.6. The van der Waals surface area contributed by atoms with Gasteiger partial charge >= 0.3 is 6.03 Å². The van der Waals surface area contributed by atoms with Crippen molar-refractivity contribution in [1.29, 1.82) is 0 Å². The fourth-order valence-electron chi connectivity index (χ4n) is 4.37. The number of rotatable bonds is 8. The molecule has 0 unspecified atom stereocenters. The largest absolute Gasteiger partial charge is 0.485 e. The summed E-state index contributed by atoms with van der Waals surface area (Å²) in [6.45, 7) is 7.11. The monoisotopic (exact) mass is 591 g/mol. The topological polar surface area (TPSA) is 154 Å². The van der Waals surface area contributed by atoms with Crippen molar-refractivity contribution >= 4 is 44.7 Å². The highest BCUT2D eigenvalue weighted by molar-refractivity contribution is 7.94. The van der Waals surface area contributed by atoms with E-state index in [9.17, 15) is 23.1 Å². The molecule has 14 heteroatoms. The van der Waals surface area contributed by atoms with E-state index >= 15 is 0 Å². The predicted octanol–water partition coefficient (Wildman–Crippen LogP) is 3.54. The minimum absolute atomic E-state index is 0.0545. The molecule has 2 aromatic heterocycles. The Kier molecular flexibility index (Phi) is 8.71. The van der Waals surface area contributed by atoms with Gasteiger partial charge in [0.15, 0.2) is 11.5 Å². The molecule has 12 nitrogen and oxygen atoms in total. The van der Waals surface area contributed by atoms with E-state index in [2.05, 4.69) is 15.2 Å². The molecule has 0 spiro atoms. The Morgan fingerprint density at radius 1 is 1.30 bits per heavy atom. The van der Waals surface area contributed by atoms with Gasteiger partial charge in [-0.25, -0.2) is 13.2 Å². The summed E-state index contributed by atoms with van der Waals surface area (Å²) in [5.41, 5.74) is 1.26. The number of amides is 3. The summed E-state index contributed by atoms with van der Waals surface area (Å²) in [6, 6.07) is 6.83. The molecule has 0 bridgehead atoms. The van der Waals surface area contributed by atoms with E-state index in [1.54, 1.807) is 56.3 Å². The minimum Gasteiger partial charge on any atom is -0.485 e. The van der Waals surface area contributed by atoms with Gasteiger partial charge in [0, 0.05) is 19.5 Å². The van der Waals surface area contributed by atoms with E-state index in [-0.39, 0.29) is 46.8 Å². The Morgan fingerprint density at radius 2 is 2.05 bits per heavy atom. The molecule has 1 aromatic carbocycles. The number of aromatic nitrogens is 1. The highest BCUT2D eigenvalue weighted by Gasteiger charge is 2.35. The van der Waals surface area contributed by atoms with Crippen LogP contribution in [-0.2, 0) is 10.0 Å². The number of para-hydroxylation sites is 1. The average Bonchev–Trinajstić information content (AvgIpc) is 3.57. The number of thiophene rings is 1. The van der Waals surface area contributed by atoms with Crippen LogP contribution in [0.2, 0.25) is 0 Å². The van der Waals surface area contributed by atoms with Crippen LogP contribution in [0.25, 0.3) is 0 Å². The Labute approximate surface area is 237 Å². The lowest BCUT2D eigenvalue weighted by atomic mass is 9.99. The molecular weight excluding hydrogens is 558 g/mol. The summed E-state index contributed by atoms with van der Waals surface area (Å²) in [5, 5.41) is 18.2. The van der Waals surface area contributed by atoms with Crippen molar-refractivity contribution in [3.8, 4) is 5.75 Å². The lowest BCUT2D eigenvalue weighted by Crippen LogP contribution is -2.50. The van der Waals surface area contributed by atoms with Gasteiger partial charge < -0.3 is 29.5 Å². The molecule has 3 atom stereocenters. The molecule has 3 heterocycles. The standard InChI is InChI=1S/C26H33N5O7S2/c1-15-12-31(16(2)14-32)25(33)19-8-6-9-20(29-40(35,36)22-10-7-11-39-22)24(19)37-21(15)13-30(5)26(34)27-23-17(3)28-38-18(23)4/h6-11,15-16,21,29,32H,12-14H2,1-5H3,(H,27,34)/t15-,16-,21+/m0/s1. The number of urea groups is 1. The third-order valence-electron chi connectivity index (χ3n) is 6.76. The summed E-state index contributed by atoms with van der Waals surface area (Å²) < 4.78 is 40.3. The third-order valence-corrected chi connectivity index (χ3v) is 9.52. The number of fused-ring (bicyclic) bond motifs is 1. The maximum Gasteiger partial charge on any atom is 0.321 e. The van der Waals surface area contributed by atoms with Crippen LogP contribution in [0.5, 0.6) is 5.75 Å². The molecule has 0 fully saturated rings. The van der Waals surface area contributed by atoms with Crippen LogP contribution in [0.1, 0.15) is 35.7 Å². The molecule has 0 aliphatic carbocycles. The Bertz CT molecular complexity index is 1450. The van der Waals surface area contributed by atoms with Crippen LogP contribution < -0.4 is 14.8 Å². The summed E-state index contributed by atoms with van der Waals surface area (Å²) in [5.74, 6) is -0.177. The van der Waals surface area contributed by atoms with Crippen LogP contribution >= 0.6 is 11.3 Å². The Hall–Kier alpha value is -3.62. The summed E-state index contributed by atoms with van der Waals surface area (Å²) >= 11 is 1.06. The average molecular weight is 592 g/mol. The van der Waals surface area contributed by atoms with E-state index in [1.165, 1.54) is 17.0 Å². The molecule has 4 rings (SSSR count). The molecular formula is C26H33N5O7S2. The highest BCUT2D eigenvalue weighted by atomic mass is 32.2. The first kappa shape index (κ1) is 29.4. The number of nitrogens with one attached hydrogen (secondary N) is 2. The highest BCUT2D eigenvalue weighted by Crippen LogP contribution is 2.36. The number of anilines is 2. The lowest BCUT2D eigenvalue weighted by molar-refractivity contribution is 0.0373. The minimum atomic E-state index is -3.95. The van der Waals surface area contributed by atoms with Gasteiger partial charge in [-0.15, -0.1) is 11.3 Å². The van der Waals surface area contributed by atoms with Crippen molar-refractivity contribution in [2.75, 3.05) is 36.8 Å². The SMILES string of the molecule is Cc1noc(C)c1NC(=O)N(C)C[C@H]1Oc2c(NS(=O)(=O)c3cccs3)cccc2C(=O)N([C@@H](C)CO)C[C@@H]1C. The quantitative estimate of drug-likeness (QED) is 0.359. The number of aliphatic hydroxyl groups excluding tert-OH is 1. The van der Waals surface area contributed by atoms with Crippen LogP contribution in [0.3, 0.4) is 0 Å². The van der Waals surface area contributed by atoms with Crippen LogP contribution in [0, 0.1) is 19.8 Å². The van der Waals surface area contributed by atoms with Crippen LogP contribution in [-0.4, -0.2) is 79.3 Å². The van der Waals surface area contributed by atoms with Crippen LogP contribution in [0.4, 0.5) is 16.2 Å². The van der Waals surface area contributed by atoms with Crippen LogP contribution in [0.15, 0.2) is 44.4 Å². The van der Waals surface area contributed by atoms with Gasteiger partial charge in [-0.05, 0) is 44.4 Å². The second-order valence-electron chi connectivity index (χ2n) is 9.85. The number of sulfonamides is 1. The van der Waals surface area contributed by atoms with E-state index in [0.717, 1.165) is 11.3 Å². The van der Waals surface area contributed by atoms with Gasteiger partial charge in [-0.1, -0.05) is 24.2 Å².